The molecular formula is C21H15ClN2O4. The highest BCUT2D eigenvalue weighted by atomic mass is 35.5. The first-order valence-electron chi connectivity index (χ1n) is 8.53. The minimum absolute atomic E-state index is 0.215. The number of hydrogen-bond donors (Lipinski definition) is 0. The van der Waals surface area contributed by atoms with Crippen LogP contribution in [0.15, 0.2) is 54.6 Å². The molecule has 0 saturated heterocycles. The number of amides is 2. The SMILES string of the molecule is Cc1cc(C(=O)ON2C(=O)c3ccccc3C2=O)c(C)n1-c1ccc(Cl)cc1. The van der Waals surface area contributed by atoms with Gasteiger partial charge in [0.15, 0.2) is 0 Å². The first-order chi connectivity index (χ1) is 13.4. The van der Waals surface area contributed by atoms with Gasteiger partial charge in [-0.05, 0) is 56.3 Å². The van der Waals surface area contributed by atoms with Crippen molar-refractivity contribution in [3.05, 3.63) is 87.7 Å². The number of imide groups is 1. The molecule has 0 saturated carbocycles. The van der Waals surface area contributed by atoms with Crippen molar-refractivity contribution in [2.75, 3.05) is 0 Å². The van der Waals surface area contributed by atoms with Crippen molar-refractivity contribution in [1.29, 1.82) is 0 Å². The van der Waals surface area contributed by atoms with Gasteiger partial charge < -0.3 is 9.40 Å². The summed E-state index contributed by atoms with van der Waals surface area (Å²) in [4.78, 5) is 42.7. The number of fused-ring (bicyclic) bond motifs is 1. The standard InChI is InChI=1S/C21H15ClN2O4/c1-12-11-18(13(2)23(12)15-9-7-14(22)8-10-15)21(27)28-24-19(25)16-5-3-4-6-17(16)20(24)26/h3-11H,1-2H3. The van der Waals surface area contributed by atoms with Crippen molar-refractivity contribution >= 4 is 29.4 Å². The van der Waals surface area contributed by atoms with E-state index < -0.39 is 17.8 Å². The van der Waals surface area contributed by atoms with E-state index in [9.17, 15) is 14.4 Å². The summed E-state index contributed by atoms with van der Waals surface area (Å²) in [7, 11) is 0. The van der Waals surface area contributed by atoms with Gasteiger partial charge in [0.05, 0.1) is 16.7 Å². The van der Waals surface area contributed by atoms with Gasteiger partial charge >= 0.3 is 5.97 Å². The Bertz CT molecular complexity index is 1100. The molecule has 2 heterocycles. The monoisotopic (exact) mass is 394 g/mol. The van der Waals surface area contributed by atoms with E-state index in [0.29, 0.717) is 15.8 Å². The third-order valence-electron chi connectivity index (χ3n) is 4.67. The molecule has 1 aliphatic rings. The van der Waals surface area contributed by atoms with Gasteiger partial charge in [-0.25, -0.2) is 4.79 Å². The molecule has 4 rings (SSSR count). The zero-order valence-corrected chi connectivity index (χ0v) is 15.9. The van der Waals surface area contributed by atoms with Crippen molar-refractivity contribution in [2.24, 2.45) is 0 Å². The second kappa shape index (κ2) is 6.65. The largest absolute Gasteiger partial charge is 0.365 e. The lowest BCUT2D eigenvalue weighted by molar-refractivity contribution is -0.0585. The first kappa shape index (κ1) is 18.0. The fourth-order valence-corrected chi connectivity index (χ4v) is 3.47. The van der Waals surface area contributed by atoms with Crippen molar-refractivity contribution in [2.45, 2.75) is 13.8 Å². The van der Waals surface area contributed by atoms with Gasteiger partial charge in [0.1, 0.15) is 0 Å². The smallest absolute Gasteiger partial charge is 0.324 e. The number of carbonyl (C=O) groups is 3. The number of hydrogen-bond acceptors (Lipinski definition) is 4. The van der Waals surface area contributed by atoms with Crippen LogP contribution in [0.2, 0.25) is 5.02 Å². The molecule has 0 N–H and O–H groups in total. The van der Waals surface area contributed by atoms with Crippen LogP contribution in [-0.4, -0.2) is 27.4 Å². The van der Waals surface area contributed by atoms with Crippen molar-refractivity contribution < 1.29 is 19.2 Å². The van der Waals surface area contributed by atoms with Crippen LogP contribution >= 0.6 is 11.6 Å². The van der Waals surface area contributed by atoms with E-state index in [1.807, 2.05) is 23.6 Å². The first-order valence-corrected chi connectivity index (χ1v) is 8.91. The van der Waals surface area contributed by atoms with Gasteiger partial charge in [-0.15, -0.1) is 0 Å². The molecule has 3 aromatic rings. The second-order valence-corrected chi connectivity index (χ2v) is 6.86. The van der Waals surface area contributed by atoms with Crippen molar-refractivity contribution in [3.63, 3.8) is 0 Å². The second-order valence-electron chi connectivity index (χ2n) is 6.43. The molecule has 0 fully saturated rings. The maximum absolute atomic E-state index is 12.7. The number of halogens is 1. The fraction of sp³-hybridized carbons (Fsp3) is 0.0952. The maximum atomic E-state index is 12.7. The van der Waals surface area contributed by atoms with Crippen LogP contribution in [0, 0.1) is 13.8 Å². The molecule has 0 atom stereocenters. The molecule has 1 aromatic heterocycles. The molecule has 2 aromatic carbocycles. The Hall–Kier alpha value is -3.38. The van der Waals surface area contributed by atoms with E-state index in [4.69, 9.17) is 16.4 Å². The van der Waals surface area contributed by atoms with E-state index in [0.717, 1.165) is 11.4 Å². The third kappa shape index (κ3) is 2.78. The van der Waals surface area contributed by atoms with E-state index in [1.165, 1.54) is 12.1 Å². The Morgan fingerprint density at radius 2 is 1.50 bits per heavy atom. The summed E-state index contributed by atoms with van der Waals surface area (Å²) in [5.74, 6) is -2.08. The highest BCUT2D eigenvalue weighted by molar-refractivity contribution is 6.30. The van der Waals surface area contributed by atoms with Crippen LogP contribution < -0.4 is 0 Å². The summed E-state index contributed by atoms with van der Waals surface area (Å²) < 4.78 is 1.87. The van der Waals surface area contributed by atoms with E-state index in [2.05, 4.69) is 0 Å². The van der Waals surface area contributed by atoms with Gasteiger partial charge in [0.2, 0.25) is 0 Å². The number of hydroxylamine groups is 2. The number of nitrogens with zero attached hydrogens (tertiary/aromatic N) is 2. The predicted octanol–water partition coefficient (Wildman–Crippen LogP) is 4.12. The van der Waals surface area contributed by atoms with E-state index in [-0.39, 0.29) is 16.7 Å². The van der Waals surface area contributed by atoms with Gasteiger partial charge in [-0.3, -0.25) is 9.59 Å². The Morgan fingerprint density at radius 3 is 2.07 bits per heavy atom. The van der Waals surface area contributed by atoms with Gasteiger partial charge in [0, 0.05) is 22.1 Å². The Kier molecular flexibility index (Phi) is 4.28. The zero-order chi connectivity index (χ0) is 20.0. The summed E-state index contributed by atoms with van der Waals surface area (Å²) in [5.41, 5.74) is 2.96. The Labute approximate surface area is 165 Å². The fourth-order valence-electron chi connectivity index (χ4n) is 3.34. The van der Waals surface area contributed by atoms with Crippen LogP contribution in [0.1, 0.15) is 42.5 Å². The Morgan fingerprint density at radius 1 is 0.929 bits per heavy atom. The van der Waals surface area contributed by atoms with Gasteiger partial charge in [0.25, 0.3) is 11.8 Å². The van der Waals surface area contributed by atoms with Crippen LogP contribution in [-0.2, 0) is 4.84 Å². The number of carbonyl (C=O) groups excluding carboxylic acids is 3. The topological polar surface area (TPSA) is 68.6 Å². The molecule has 6 nitrogen and oxygen atoms in total. The molecular weight excluding hydrogens is 380 g/mol. The molecule has 2 amide bonds. The van der Waals surface area contributed by atoms with Crippen LogP contribution in [0.4, 0.5) is 0 Å². The third-order valence-corrected chi connectivity index (χ3v) is 4.92. The molecule has 0 bridgehead atoms. The number of rotatable bonds is 3. The highest BCUT2D eigenvalue weighted by Crippen LogP contribution is 2.26. The van der Waals surface area contributed by atoms with Gasteiger partial charge in [-0.2, -0.15) is 0 Å². The molecule has 7 heteroatoms. The molecule has 1 aliphatic heterocycles. The summed E-state index contributed by atoms with van der Waals surface area (Å²) in [5, 5.41) is 1.12. The molecule has 0 spiro atoms. The van der Waals surface area contributed by atoms with E-state index in [1.54, 1.807) is 37.3 Å². The molecule has 28 heavy (non-hydrogen) atoms. The average Bonchev–Trinajstić information content (AvgIpc) is 3.11. The van der Waals surface area contributed by atoms with Crippen LogP contribution in [0.5, 0.6) is 0 Å². The normalized spacial score (nSPS) is 13.0. The molecule has 0 unspecified atom stereocenters. The summed E-state index contributed by atoms with van der Waals surface area (Å²) in [6.45, 7) is 3.61. The summed E-state index contributed by atoms with van der Waals surface area (Å²) in [6, 6.07) is 15.2. The van der Waals surface area contributed by atoms with E-state index >= 15 is 0 Å². The maximum Gasteiger partial charge on any atom is 0.365 e. The lowest BCUT2D eigenvalue weighted by atomic mass is 10.1. The lowest BCUT2D eigenvalue weighted by Crippen LogP contribution is -2.32. The molecule has 0 aliphatic carbocycles. The quantitative estimate of drug-likeness (QED) is 0.627. The van der Waals surface area contributed by atoms with Crippen molar-refractivity contribution in [1.82, 2.24) is 9.63 Å². The Balaban J connectivity index is 1.63. The minimum atomic E-state index is -0.775. The number of aromatic nitrogens is 1. The zero-order valence-electron chi connectivity index (χ0n) is 15.1. The summed E-state index contributed by atoms with van der Waals surface area (Å²) >= 11 is 5.94. The van der Waals surface area contributed by atoms with Gasteiger partial charge in [-0.1, -0.05) is 28.8 Å². The number of aryl methyl sites for hydroxylation is 1. The lowest BCUT2D eigenvalue weighted by Gasteiger charge is -2.13. The molecule has 0 radical (unpaired) electrons. The van der Waals surface area contributed by atoms with Crippen molar-refractivity contribution in [3.8, 4) is 5.69 Å². The van der Waals surface area contributed by atoms with Crippen LogP contribution in [0.3, 0.4) is 0 Å². The predicted molar refractivity (Wildman–Crippen MR) is 103 cm³/mol. The summed E-state index contributed by atoms with van der Waals surface area (Å²) in [6.07, 6.45) is 0. The minimum Gasteiger partial charge on any atom is -0.324 e. The number of benzene rings is 2. The average molecular weight is 395 g/mol. The van der Waals surface area contributed by atoms with Crippen LogP contribution in [0.25, 0.3) is 5.69 Å². The highest BCUT2D eigenvalue weighted by Gasteiger charge is 2.39. The molecule has 140 valence electrons.